The van der Waals surface area contributed by atoms with Crippen molar-refractivity contribution in [3.8, 4) is 0 Å². The Morgan fingerprint density at radius 2 is 1.87 bits per heavy atom. The van der Waals surface area contributed by atoms with E-state index in [0.29, 0.717) is 17.5 Å². The molecule has 0 atom stereocenters. The fraction of sp³-hybridized carbons (Fsp3) is 0.556. The molecule has 4 nitrogen and oxygen atoms in total. The summed E-state index contributed by atoms with van der Waals surface area (Å²) in [5.74, 6) is 1.02. The molecule has 1 aliphatic heterocycles. The monoisotopic (exact) mass is 334 g/mol. The van der Waals surface area contributed by atoms with Gasteiger partial charge in [0, 0.05) is 18.2 Å². The summed E-state index contributed by atoms with van der Waals surface area (Å²) >= 11 is 1.43. The van der Waals surface area contributed by atoms with Gasteiger partial charge in [-0.25, -0.2) is 0 Å². The molecular weight excluding hydrogens is 308 g/mol. The van der Waals surface area contributed by atoms with E-state index < -0.39 is 0 Å². The van der Waals surface area contributed by atoms with E-state index in [1.165, 1.54) is 11.8 Å². The van der Waals surface area contributed by atoms with Crippen molar-refractivity contribution >= 4 is 23.5 Å². The summed E-state index contributed by atoms with van der Waals surface area (Å²) in [6.45, 7) is 4.89. The van der Waals surface area contributed by atoms with E-state index in [1.54, 1.807) is 0 Å². The molecule has 1 fully saturated rings. The Labute approximate surface area is 143 Å². The van der Waals surface area contributed by atoms with Gasteiger partial charge in [0.1, 0.15) is 0 Å². The first-order valence-electron chi connectivity index (χ1n) is 8.38. The lowest BCUT2D eigenvalue weighted by atomic mass is 10.0. The largest absolute Gasteiger partial charge is 0.339 e. The van der Waals surface area contributed by atoms with Gasteiger partial charge in [-0.3, -0.25) is 9.59 Å². The van der Waals surface area contributed by atoms with E-state index in [0.717, 1.165) is 44.5 Å². The number of amides is 1. The Morgan fingerprint density at radius 1 is 1.17 bits per heavy atom. The first-order valence-corrected chi connectivity index (χ1v) is 9.54. The third-order valence-electron chi connectivity index (χ3n) is 4.09. The van der Waals surface area contributed by atoms with E-state index >= 15 is 0 Å². The van der Waals surface area contributed by atoms with Gasteiger partial charge in [0.25, 0.3) is 0 Å². The van der Waals surface area contributed by atoms with Crippen LogP contribution in [0.5, 0.6) is 0 Å². The molecule has 1 heterocycles. The van der Waals surface area contributed by atoms with Gasteiger partial charge in [0.15, 0.2) is 5.78 Å². The van der Waals surface area contributed by atoms with E-state index in [-0.39, 0.29) is 11.7 Å². The maximum absolute atomic E-state index is 12.5. The fourth-order valence-corrected chi connectivity index (χ4v) is 3.69. The van der Waals surface area contributed by atoms with Crippen LogP contribution in [-0.2, 0) is 4.79 Å². The Balaban J connectivity index is 1.80. The maximum atomic E-state index is 12.5. The van der Waals surface area contributed by atoms with Crippen molar-refractivity contribution in [2.24, 2.45) is 0 Å². The van der Waals surface area contributed by atoms with Gasteiger partial charge in [0.2, 0.25) is 5.91 Å². The second kappa shape index (κ2) is 9.73. The average Bonchev–Trinajstić information content (AvgIpc) is 2.61. The molecule has 0 saturated carbocycles. The molecule has 1 amide bonds. The van der Waals surface area contributed by atoms with Gasteiger partial charge >= 0.3 is 0 Å². The molecule has 2 rings (SSSR count). The maximum Gasteiger partial charge on any atom is 0.232 e. The number of hydrogen-bond donors (Lipinski definition) is 1. The third kappa shape index (κ3) is 5.66. The van der Waals surface area contributed by atoms with Crippen LogP contribution in [-0.4, -0.2) is 53.8 Å². The van der Waals surface area contributed by atoms with Crippen molar-refractivity contribution in [3.05, 3.63) is 35.9 Å². The molecule has 0 spiro atoms. The van der Waals surface area contributed by atoms with Crippen LogP contribution in [0.4, 0.5) is 0 Å². The van der Waals surface area contributed by atoms with Gasteiger partial charge < -0.3 is 10.2 Å². The van der Waals surface area contributed by atoms with E-state index in [1.807, 2.05) is 35.2 Å². The van der Waals surface area contributed by atoms with Crippen LogP contribution in [0.25, 0.3) is 0 Å². The van der Waals surface area contributed by atoms with E-state index in [2.05, 4.69) is 12.2 Å². The van der Waals surface area contributed by atoms with Gasteiger partial charge in [-0.05, 0) is 32.4 Å². The number of benzene rings is 1. The SMILES string of the molecule is CCCN(C(=O)CSCC(=O)c1ccccc1)C1CCNCC1. The van der Waals surface area contributed by atoms with Crippen LogP contribution in [0.1, 0.15) is 36.5 Å². The highest BCUT2D eigenvalue weighted by Gasteiger charge is 2.24. The zero-order valence-electron chi connectivity index (χ0n) is 13.8. The third-order valence-corrected chi connectivity index (χ3v) is 5.01. The minimum absolute atomic E-state index is 0.0901. The zero-order chi connectivity index (χ0) is 16.5. The van der Waals surface area contributed by atoms with Crippen molar-refractivity contribution in [2.75, 3.05) is 31.1 Å². The van der Waals surface area contributed by atoms with Crippen molar-refractivity contribution in [1.82, 2.24) is 10.2 Å². The van der Waals surface area contributed by atoms with Gasteiger partial charge in [-0.15, -0.1) is 11.8 Å². The molecule has 0 aliphatic carbocycles. The number of rotatable bonds is 8. The minimum Gasteiger partial charge on any atom is -0.339 e. The Kier molecular flexibility index (Phi) is 7.62. The second-order valence-electron chi connectivity index (χ2n) is 5.85. The normalized spacial score (nSPS) is 15.3. The highest BCUT2D eigenvalue weighted by atomic mass is 32.2. The Hall–Kier alpha value is -1.33. The lowest BCUT2D eigenvalue weighted by Crippen LogP contribution is -2.47. The van der Waals surface area contributed by atoms with Crippen LogP contribution in [0.3, 0.4) is 0 Å². The Bertz CT molecular complexity index is 501. The van der Waals surface area contributed by atoms with E-state index in [4.69, 9.17) is 0 Å². The summed E-state index contributed by atoms with van der Waals surface area (Å²) in [5.41, 5.74) is 0.719. The molecule has 5 heteroatoms. The minimum atomic E-state index is 0.0901. The molecule has 126 valence electrons. The summed E-state index contributed by atoms with van der Waals surface area (Å²) < 4.78 is 0. The van der Waals surface area contributed by atoms with Crippen LogP contribution >= 0.6 is 11.8 Å². The number of nitrogens with one attached hydrogen (secondary N) is 1. The molecule has 23 heavy (non-hydrogen) atoms. The predicted octanol–water partition coefficient (Wildman–Crippen LogP) is 2.59. The summed E-state index contributed by atoms with van der Waals surface area (Å²) in [7, 11) is 0. The second-order valence-corrected chi connectivity index (χ2v) is 6.84. The number of nitrogens with zero attached hydrogens (tertiary/aromatic N) is 1. The summed E-state index contributed by atoms with van der Waals surface area (Å²) in [5, 5.41) is 3.34. The molecule has 1 aromatic carbocycles. The quantitative estimate of drug-likeness (QED) is 0.743. The summed E-state index contributed by atoms with van der Waals surface area (Å²) in [4.78, 5) is 26.6. The molecule has 0 unspecified atom stereocenters. The fourth-order valence-electron chi connectivity index (χ4n) is 2.89. The number of piperidine rings is 1. The van der Waals surface area contributed by atoms with Crippen LogP contribution in [0.15, 0.2) is 30.3 Å². The number of thioether (sulfide) groups is 1. The molecule has 0 radical (unpaired) electrons. The topological polar surface area (TPSA) is 49.4 Å². The molecule has 1 N–H and O–H groups in total. The van der Waals surface area contributed by atoms with Crippen molar-refractivity contribution in [1.29, 1.82) is 0 Å². The Morgan fingerprint density at radius 3 is 2.52 bits per heavy atom. The summed E-state index contributed by atoms with van der Waals surface area (Å²) in [6, 6.07) is 9.63. The van der Waals surface area contributed by atoms with Gasteiger partial charge in [0.05, 0.1) is 11.5 Å². The van der Waals surface area contributed by atoms with Gasteiger partial charge in [-0.1, -0.05) is 37.3 Å². The smallest absolute Gasteiger partial charge is 0.232 e. The lowest BCUT2D eigenvalue weighted by Gasteiger charge is -2.34. The predicted molar refractivity (Wildman–Crippen MR) is 96.0 cm³/mol. The number of carbonyl (C=O) groups excluding carboxylic acids is 2. The van der Waals surface area contributed by atoms with Crippen LogP contribution < -0.4 is 5.32 Å². The molecule has 1 saturated heterocycles. The number of carbonyl (C=O) groups is 2. The molecule has 0 aromatic heterocycles. The lowest BCUT2D eigenvalue weighted by molar-refractivity contribution is -0.131. The summed E-state index contributed by atoms with van der Waals surface area (Å²) in [6.07, 6.45) is 3.03. The van der Waals surface area contributed by atoms with Crippen molar-refractivity contribution in [3.63, 3.8) is 0 Å². The van der Waals surface area contributed by atoms with Crippen LogP contribution in [0, 0.1) is 0 Å². The van der Waals surface area contributed by atoms with Gasteiger partial charge in [-0.2, -0.15) is 0 Å². The number of Topliss-reactive ketones (excluding diaryl/α,β-unsaturated/α-hetero) is 1. The molecule has 1 aromatic rings. The molecule has 0 bridgehead atoms. The van der Waals surface area contributed by atoms with Crippen LogP contribution in [0.2, 0.25) is 0 Å². The van der Waals surface area contributed by atoms with Crippen molar-refractivity contribution < 1.29 is 9.59 Å². The van der Waals surface area contributed by atoms with E-state index in [9.17, 15) is 9.59 Å². The average molecular weight is 334 g/mol. The van der Waals surface area contributed by atoms with Crippen molar-refractivity contribution in [2.45, 2.75) is 32.2 Å². The molecular formula is C18H26N2O2S. The number of ketones is 1. The zero-order valence-corrected chi connectivity index (χ0v) is 14.6. The highest BCUT2D eigenvalue weighted by molar-refractivity contribution is 8.00. The number of hydrogen-bond acceptors (Lipinski definition) is 4. The highest BCUT2D eigenvalue weighted by Crippen LogP contribution is 2.15. The first kappa shape index (κ1) is 18.0. The first-order chi connectivity index (χ1) is 11.2. The molecule has 1 aliphatic rings. The standard InChI is InChI=1S/C18H26N2O2S/c1-2-12-20(16-8-10-19-11-9-16)18(22)14-23-13-17(21)15-6-4-3-5-7-15/h3-7,16,19H,2,8-14H2,1H3.